The van der Waals surface area contributed by atoms with Crippen LogP contribution in [0.2, 0.25) is 0 Å². The standard InChI is InChI=1S/C29H38N8O3S/c1-34(2)41(39,40)14-11-19-15-23(16-20-17-35(3)32-27(19)20)31-29(38)24-7-8-26(25-18-36(4)33-28(24)25)37-12-9-22(10-13-37)30-21-5-6-21/h7-8,15-18,21-22,30H,5-6,9-14H2,1-4H3,(H,31,38). The van der Waals surface area contributed by atoms with Crippen molar-refractivity contribution in [2.24, 2.45) is 14.1 Å². The first-order chi connectivity index (χ1) is 19.6. The fourth-order valence-corrected chi connectivity index (χ4v) is 6.59. The first kappa shape index (κ1) is 27.7. The van der Waals surface area contributed by atoms with Gasteiger partial charge in [0.15, 0.2) is 0 Å². The molecule has 1 aliphatic heterocycles. The Morgan fingerprint density at radius 1 is 0.976 bits per heavy atom. The average molecular weight is 579 g/mol. The van der Waals surface area contributed by atoms with Gasteiger partial charge in [-0.1, -0.05) is 0 Å². The molecule has 2 aliphatic rings. The van der Waals surface area contributed by atoms with Crippen molar-refractivity contribution in [3.63, 3.8) is 0 Å². The minimum Gasteiger partial charge on any atom is -0.371 e. The normalized spacial score (nSPS) is 16.8. The Hall–Kier alpha value is -3.48. The largest absolute Gasteiger partial charge is 0.371 e. The van der Waals surface area contributed by atoms with Gasteiger partial charge in [0.1, 0.15) is 5.52 Å². The molecule has 0 radical (unpaired) electrons. The van der Waals surface area contributed by atoms with Crippen LogP contribution in [-0.2, 0) is 30.5 Å². The quantitative estimate of drug-likeness (QED) is 0.314. The van der Waals surface area contributed by atoms with Crippen molar-refractivity contribution in [1.82, 2.24) is 29.2 Å². The molecule has 3 heterocycles. The van der Waals surface area contributed by atoms with E-state index >= 15 is 0 Å². The predicted molar refractivity (Wildman–Crippen MR) is 162 cm³/mol. The molecule has 0 unspecified atom stereocenters. The number of carbonyl (C=O) groups excluding carboxylic acids is 1. The predicted octanol–water partition coefficient (Wildman–Crippen LogP) is 2.87. The molecule has 0 atom stereocenters. The maximum Gasteiger partial charge on any atom is 0.257 e. The Bertz CT molecular complexity index is 1710. The monoisotopic (exact) mass is 578 g/mol. The number of aromatic nitrogens is 4. The summed E-state index contributed by atoms with van der Waals surface area (Å²) in [6.07, 6.45) is 8.95. The van der Waals surface area contributed by atoms with Crippen molar-refractivity contribution in [2.75, 3.05) is 43.2 Å². The van der Waals surface area contributed by atoms with E-state index < -0.39 is 10.0 Å². The molecular weight excluding hydrogens is 540 g/mol. The van der Waals surface area contributed by atoms with Gasteiger partial charge in [-0.3, -0.25) is 14.2 Å². The lowest BCUT2D eigenvalue weighted by Crippen LogP contribution is -2.43. The number of nitrogens with one attached hydrogen (secondary N) is 2. The zero-order chi connectivity index (χ0) is 28.9. The lowest BCUT2D eigenvalue weighted by molar-refractivity contribution is 0.102. The molecule has 1 saturated heterocycles. The molecule has 6 rings (SSSR count). The number of sulfonamides is 1. The highest BCUT2D eigenvalue weighted by Crippen LogP contribution is 2.32. The van der Waals surface area contributed by atoms with Gasteiger partial charge >= 0.3 is 0 Å². The Labute approximate surface area is 240 Å². The molecule has 0 spiro atoms. The van der Waals surface area contributed by atoms with Crippen LogP contribution in [-0.4, -0.2) is 83.2 Å². The second-order valence-corrected chi connectivity index (χ2v) is 13.9. The number of hydrogen-bond acceptors (Lipinski definition) is 7. The summed E-state index contributed by atoms with van der Waals surface area (Å²) in [7, 11) is 3.37. The van der Waals surface area contributed by atoms with Crippen LogP contribution in [0.4, 0.5) is 11.4 Å². The number of piperidine rings is 1. The van der Waals surface area contributed by atoms with Gasteiger partial charge < -0.3 is 15.5 Å². The number of rotatable bonds is 9. The SMILES string of the molecule is CN(C)S(=O)(=O)CCc1cc(NC(=O)c2ccc(N3CCC(NC4CC4)CC3)c3cn(C)nc23)cc2cn(C)nc12. The molecular formula is C29H38N8O3S. The van der Waals surface area contributed by atoms with Crippen molar-refractivity contribution in [1.29, 1.82) is 0 Å². The third kappa shape index (κ3) is 5.81. The Morgan fingerprint density at radius 3 is 2.37 bits per heavy atom. The van der Waals surface area contributed by atoms with Gasteiger partial charge in [-0.15, -0.1) is 0 Å². The van der Waals surface area contributed by atoms with Crippen LogP contribution in [0, 0.1) is 0 Å². The summed E-state index contributed by atoms with van der Waals surface area (Å²) in [6.45, 7) is 1.94. The number of anilines is 2. The lowest BCUT2D eigenvalue weighted by atomic mass is 10.0. The summed E-state index contributed by atoms with van der Waals surface area (Å²) in [5, 5.41) is 17.8. The first-order valence-electron chi connectivity index (χ1n) is 14.2. The Balaban J connectivity index is 1.25. The summed E-state index contributed by atoms with van der Waals surface area (Å²) in [4.78, 5) is 16.0. The van der Waals surface area contributed by atoms with E-state index in [0.29, 0.717) is 22.8 Å². The molecule has 1 amide bonds. The van der Waals surface area contributed by atoms with E-state index in [1.54, 1.807) is 9.36 Å². The van der Waals surface area contributed by atoms with Crippen LogP contribution in [0.5, 0.6) is 0 Å². The summed E-state index contributed by atoms with van der Waals surface area (Å²) < 4.78 is 29.6. The third-order valence-electron chi connectivity index (χ3n) is 8.14. The van der Waals surface area contributed by atoms with E-state index in [-0.39, 0.29) is 18.1 Å². The van der Waals surface area contributed by atoms with Crippen LogP contribution in [0.1, 0.15) is 41.6 Å². The van der Waals surface area contributed by atoms with Crippen molar-refractivity contribution in [3.05, 3.63) is 47.8 Å². The van der Waals surface area contributed by atoms with Crippen molar-refractivity contribution in [3.8, 4) is 0 Å². The zero-order valence-electron chi connectivity index (χ0n) is 24.1. The van der Waals surface area contributed by atoms with Crippen molar-refractivity contribution < 1.29 is 13.2 Å². The smallest absolute Gasteiger partial charge is 0.257 e. The number of amides is 1. The van der Waals surface area contributed by atoms with Gasteiger partial charge in [-0.05, 0) is 61.9 Å². The fourth-order valence-electron chi connectivity index (χ4n) is 5.75. The molecule has 12 heteroatoms. The number of benzene rings is 2. The summed E-state index contributed by atoms with van der Waals surface area (Å²) >= 11 is 0. The minimum absolute atomic E-state index is 0.0486. The number of fused-ring (bicyclic) bond motifs is 2. The van der Waals surface area contributed by atoms with Gasteiger partial charge in [0.25, 0.3) is 5.91 Å². The average Bonchev–Trinajstić information content (AvgIpc) is 3.52. The summed E-state index contributed by atoms with van der Waals surface area (Å²) in [5.74, 6) is -0.310. The molecule has 1 aliphatic carbocycles. The number of hydrogen-bond donors (Lipinski definition) is 2. The van der Waals surface area contributed by atoms with Gasteiger partial charge in [-0.25, -0.2) is 12.7 Å². The highest BCUT2D eigenvalue weighted by Gasteiger charge is 2.28. The van der Waals surface area contributed by atoms with E-state index in [1.165, 1.54) is 31.2 Å². The molecule has 218 valence electrons. The maximum atomic E-state index is 13.6. The summed E-state index contributed by atoms with van der Waals surface area (Å²) in [5.41, 5.74) is 4.36. The van der Waals surface area contributed by atoms with Crippen molar-refractivity contribution >= 4 is 49.1 Å². The van der Waals surface area contributed by atoms with E-state index in [2.05, 4.69) is 25.7 Å². The van der Waals surface area contributed by atoms with Crippen LogP contribution in [0.3, 0.4) is 0 Å². The van der Waals surface area contributed by atoms with Crippen molar-refractivity contribution in [2.45, 2.75) is 44.2 Å². The van der Waals surface area contributed by atoms with Crippen LogP contribution in [0.25, 0.3) is 21.8 Å². The molecule has 2 N–H and O–H groups in total. The maximum absolute atomic E-state index is 13.6. The second-order valence-electron chi connectivity index (χ2n) is 11.6. The van der Waals surface area contributed by atoms with E-state index in [9.17, 15) is 13.2 Å². The van der Waals surface area contributed by atoms with Gasteiger partial charge in [0, 0.05) is 87.9 Å². The number of aryl methyl sites for hydroxylation is 3. The molecule has 41 heavy (non-hydrogen) atoms. The second kappa shape index (κ2) is 10.7. The molecule has 1 saturated carbocycles. The summed E-state index contributed by atoms with van der Waals surface area (Å²) in [6, 6.07) is 8.89. The van der Waals surface area contributed by atoms with Gasteiger partial charge in [0.2, 0.25) is 10.0 Å². The van der Waals surface area contributed by atoms with Crippen LogP contribution >= 0.6 is 0 Å². The van der Waals surface area contributed by atoms with E-state index in [1.807, 2.05) is 50.8 Å². The van der Waals surface area contributed by atoms with Crippen LogP contribution in [0.15, 0.2) is 36.7 Å². The number of carbonyl (C=O) groups is 1. The van der Waals surface area contributed by atoms with Gasteiger partial charge in [-0.2, -0.15) is 10.2 Å². The highest BCUT2D eigenvalue weighted by atomic mass is 32.2. The third-order valence-corrected chi connectivity index (χ3v) is 9.98. The molecule has 2 aromatic carbocycles. The molecule has 11 nitrogen and oxygen atoms in total. The van der Waals surface area contributed by atoms with E-state index in [0.717, 1.165) is 59.5 Å². The Kier molecular flexibility index (Phi) is 7.25. The molecule has 2 fully saturated rings. The topological polar surface area (TPSA) is 117 Å². The molecule has 4 aromatic rings. The van der Waals surface area contributed by atoms with Crippen LogP contribution < -0.4 is 15.5 Å². The fraction of sp³-hybridized carbons (Fsp3) is 0.483. The lowest BCUT2D eigenvalue weighted by Gasteiger charge is -2.34. The number of nitrogens with zero attached hydrogens (tertiary/aromatic N) is 6. The Morgan fingerprint density at radius 2 is 1.66 bits per heavy atom. The molecule has 0 bridgehead atoms. The zero-order valence-corrected chi connectivity index (χ0v) is 24.9. The highest BCUT2D eigenvalue weighted by molar-refractivity contribution is 7.89. The minimum atomic E-state index is -3.39. The molecule has 2 aromatic heterocycles. The van der Waals surface area contributed by atoms with Gasteiger partial charge in [0.05, 0.1) is 16.8 Å². The first-order valence-corrected chi connectivity index (χ1v) is 15.8. The van der Waals surface area contributed by atoms with E-state index in [4.69, 9.17) is 0 Å².